The predicted octanol–water partition coefficient (Wildman–Crippen LogP) is 2.15. The lowest BCUT2D eigenvalue weighted by Crippen LogP contribution is -2.62. The molecule has 0 heterocycles. The van der Waals surface area contributed by atoms with Gasteiger partial charge in [0.15, 0.2) is 5.38 Å². The summed E-state index contributed by atoms with van der Waals surface area (Å²) in [6, 6.07) is 3.33. The summed E-state index contributed by atoms with van der Waals surface area (Å²) in [5, 5.41) is 8.70. The molecule has 1 aromatic rings. The average Bonchev–Trinajstić information content (AvgIpc) is 2.47. The number of carbonyl (C=O) groups is 2. The Morgan fingerprint density at radius 1 is 1.35 bits per heavy atom. The minimum atomic E-state index is -5.57. The van der Waals surface area contributed by atoms with E-state index in [-0.39, 0.29) is 11.3 Å². The zero-order valence-corrected chi connectivity index (χ0v) is 12.6. The molecule has 5 nitrogen and oxygen atoms in total. The smallest absolute Gasteiger partial charge is 0.430 e. The SMILES string of the molecule is COC(=O)[C@@](O)([C@@H](Cl)C(=O)Nc1ccc(C)c(F)c1)C(F)(F)F. The molecule has 0 aliphatic carbocycles. The van der Waals surface area contributed by atoms with Gasteiger partial charge in [0, 0.05) is 5.69 Å². The van der Waals surface area contributed by atoms with Gasteiger partial charge in [0.25, 0.3) is 5.60 Å². The highest BCUT2D eigenvalue weighted by molar-refractivity contribution is 6.35. The van der Waals surface area contributed by atoms with Gasteiger partial charge in [0.05, 0.1) is 7.11 Å². The molecule has 23 heavy (non-hydrogen) atoms. The molecule has 0 aromatic heterocycles. The van der Waals surface area contributed by atoms with E-state index in [9.17, 15) is 32.3 Å². The van der Waals surface area contributed by atoms with Crippen molar-refractivity contribution in [3.8, 4) is 0 Å². The summed E-state index contributed by atoms with van der Waals surface area (Å²) in [6.45, 7) is 1.44. The van der Waals surface area contributed by atoms with E-state index in [1.165, 1.54) is 19.1 Å². The molecule has 0 aliphatic heterocycles. The molecule has 0 radical (unpaired) electrons. The minimum Gasteiger partial charge on any atom is -0.467 e. The largest absolute Gasteiger partial charge is 0.467 e. The monoisotopic (exact) mass is 357 g/mol. The van der Waals surface area contributed by atoms with Crippen molar-refractivity contribution >= 4 is 29.2 Å². The van der Waals surface area contributed by atoms with Gasteiger partial charge in [-0.15, -0.1) is 11.6 Å². The van der Waals surface area contributed by atoms with E-state index >= 15 is 0 Å². The number of ether oxygens (including phenoxy) is 1. The van der Waals surface area contributed by atoms with Crippen LogP contribution in [-0.2, 0) is 14.3 Å². The number of aryl methyl sites for hydroxylation is 1. The predicted molar refractivity (Wildman–Crippen MR) is 72.4 cm³/mol. The molecule has 1 rings (SSSR count). The molecule has 0 unspecified atom stereocenters. The molecule has 128 valence electrons. The molecule has 0 bridgehead atoms. The zero-order valence-electron chi connectivity index (χ0n) is 11.9. The molecular weight excluding hydrogens is 346 g/mol. The fourth-order valence-corrected chi connectivity index (χ4v) is 1.85. The van der Waals surface area contributed by atoms with Crippen LogP contribution in [0.1, 0.15) is 5.56 Å². The number of hydrogen-bond acceptors (Lipinski definition) is 4. The molecule has 1 aromatic carbocycles. The van der Waals surface area contributed by atoms with Crippen molar-refractivity contribution in [1.29, 1.82) is 0 Å². The third-order valence-corrected chi connectivity index (χ3v) is 3.48. The first-order valence-electron chi connectivity index (χ1n) is 6.03. The average molecular weight is 358 g/mol. The van der Waals surface area contributed by atoms with E-state index in [4.69, 9.17) is 11.6 Å². The summed E-state index contributed by atoms with van der Waals surface area (Å²) in [7, 11) is 0.593. The standard InChI is InChI=1S/C13H12ClF4NO4/c1-6-3-4-7(5-8(6)15)19-10(20)9(14)12(22,11(21)23-2)13(16,17)18/h3-5,9,22H,1-2H3,(H,19,20)/t9-,12-/m0/s1. The fraction of sp³-hybridized carbons (Fsp3) is 0.385. The van der Waals surface area contributed by atoms with Crippen LogP contribution in [-0.4, -0.2) is 41.2 Å². The third-order valence-electron chi connectivity index (χ3n) is 2.97. The molecule has 0 aliphatic rings. The second kappa shape index (κ2) is 6.71. The molecule has 1 amide bonds. The van der Waals surface area contributed by atoms with E-state index in [0.29, 0.717) is 7.11 Å². The van der Waals surface area contributed by atoms with Crippen LogP contribution in [0.5, 0.6) is 0 Å². The van der Waals surface area contributed by atoms with E-state index in [1.54, 1.807) is 0 Å². The van der Waals surface area contributed by atoms with Crippen molar-refractivity contribution in [1.82, 2.24) is 0 Å². The number of carbonyl (C=O) groups excluding carboxylic acids is 2. The van der Waals surface area contributed by atoms with Crippen LogP contribution in [0.3, 0.4) is 0 Å². The topological polar surface area (TPSA) is 75.6 Å². The fourth-order valence-electron chi connectivity index (χ4n) is 1.58. The Morgan fingerprint density at radius 2 is 1.91 bits per heavy atom. The van der Waals surface area contributed by atoms with Gasteiger partial charge in [-0.2, -0.15) is 13.2 Å². The van der Waals surface area contributed by atoms with Crippen molar-refractivity contribution in [2.75, 3.05) is 12.4 Å². The van der Waals surface area contributed by atoms with Crippen LogP contribution in [0.25, 0.3) is 0 Å². The Morgan fingerprint density at radius 3 is 2.35 bits per heavy atom. The van der Waals surface area contributed by atoms with Crippen molar-refractivity contribution in [2.45, 2.75) is 24.1 Å². The van der Waals surface area contributed by atoms with Crippen LogP contribution in [0.2, 0.25) is 0 Å². The number of halogens is 5. The van der Waals surface area contributed by atoms with Gasteiger partial charge in [-0.1, -0.05) is 6.07 Å². The first kappa shape index (κ1) is 19.2. The maximum atomic E-state index is 13.3. The summed E-state index contributed by atoms with van der Waals surface area (Å²) in [5.41, 5.74) is -4.21. The summed E-state index contributed by atoms with van der Waals surface area (Å²) in [6.07, 6.45) is -5.57. The highest BCUT2D eigenvalue weighted by Gasteiger charge is 2.67. The number of rotatable bonds is 4. The Kier molecular flexibility index (Phi) is 5.60. The van der Waals surface area contributed by atoms with E-state index in [2.05, 4.69) is 4.74 Å². The number of amides is 1. The van der Waals surface area contributed by atoms with Crippen molar-refractivity contribution in [3.63, 3.8) is 0 Å². The summed E-state index contributed by atoms with van der Waals surface area (Å²) < 4.78 is 56.0. The lowest BCUT2D eigenvalue weighted by Gasteiger charge is -2.30. The molecular formula is C13H12ClF4NO4. The maximum Gasteiger partial charge on any atom is 0.430 e. The first-order chi connectivity index (χ1) is 10.4. The number of hydrogen-bond donors (Lipinski definition) is 2. The molecule has 10 heteroatoms. The number of nitrogens with one attached hydrogen (secondary N) is 1. The van der Waals surface area contributed by atoms with Gasteiger partial charge in [-0.25, -0.2) is 9.18 Å². The van der Waals surface area contributed by atoms with Crippen LogP contribution in [0.15, 0.2) is 18.2 Å². The molecule has 2 atom stereocenters. The van der Waals surface area contributed by atoms with Crippen LogP contribution in [0.4, 0.5) is 23.2 Å². The van der Waals surface area contributed by atoms with Crippen LogP contribution < -0.4 is 5.32 Å². The Hall–Kier alpha value is -1.87. The summed E-state index contributed by atoms with van der Waals surface area (Å²) >= 11 is 5.34. The zero-order chi connectivity index (χ0) is 18.0. The van der Waals surface area contributed by atoms with E-state index in [0.717, 1.165) is 6.07 Å². The van der Waals surface area contributed by atoms with Gasteiger partial charge in [0.1, 0.15) is 5.82 Å². The lowest BCUT2D eigenvalue weighted by molar-refractivity contribution is -0.260. The molecule has 0 spiro atoms. The Labute approximate surface area is 133 Å². The van der Waals surface area contributed by atoms with Gasteiger partial charge in [-0.3, -0.25) is 4.79 Å². The number of anilines is 1. The summed E-state index contributed by atoms with van der Waals surface area (Å²) in [5.74, 6) is -4.41. The highest BCUT2D eigenvalue weighted by atomic mass is 35.5. The highest BCUT2D eigenvalue weighted by Crippen LogP contribution is 2.37. The second-order valence-electron chi connectivity index (χ2n) is 4.57. The minimum absolute atomic E-state index is 0.196. The second-order valence-corrected chi connectivity index (χ2v) is 5.01. The van der Waals surface area contributed by atoms with Gasteiger partial charge in [-0.05, 0) is 24.6 Å². The first-order valence-corrected chi connectivity index (χ1v) is 6.47. The Balaban J connectivity index is 3.09. The van der Waals surface area contributed by atoms with Gasteiger partial charge < -0.3 is 15.2 Å². The van der Waals surface area contributed by atoms with Crippen LogP contribution >= 0.6 is 11.6 Å². The van der Waals surface area contributed by atoms with Crippen LogP contribution in [0, 0.1) is 12.7 Å². The number of methoxy groups -OCH3 is 1. The van der Waals surface area contributed by atoms with Crippen molar-refractivity contribution in [2.24, 2.45) is 0 Å². The van der Waals surface area contributed by atoms with E-state index < -0.39 is 34.8 Å². The van der Waals surface area contributed by atoms with E-state index in [1.807, 2.05) is 5.32 Å². The van der Waals surface area contributed by atoms with Crippen molar-refractivity contribution in [3.05, 3.63) is 29.6 Å². The lowest BCUT2D eigenvalue weighted by atomic mass is 9.97. The maximum absolute atomic E-state index is 13.3. The Bertz CT molecular complexity index is 622. The molecule has 2 N–H and O–H groups in total. The van der Waals surface area contributed by atoms with Gasteiger partial charge in [0.2, 0.25) is 5.91 Å². The van der Waals surface area contributed by atoms with Crippen molar-refractivity contribution < 1.29 is 37.0 Å². The quantitative estimate of drug-likeness (QED) is 0.492. The normalized spacial score (nSPS) is 15.5. The number of esters is 1. The number of alkyl halides is 4. The molecule has 0 saturated heterocycles. The number of aliphatic hydroxyl groups is 1. The molecule has 0 fully saturated rings. The van der Waals surface area contributed by atoms with Gasteiger partial charge >= 0.3 is 12.1 Å². The summed E-state index contributed by atoms with van der Waals surface area (Å²) in [4.78, 5) is 23.0. The molecule has 0 saturated carbocycles. The third kappa shape index (κ3) is 3.73. The number of benzene rings is 1.